The lowest BCUT2D eigenvalue weighted by atomic mass is 9.73. The summed E-state index contributed by atoms with van der Waals surface area (Å²) in [6, 6.07) is 8.46. The van der Waals surface area contributed by atoms with Gasteiger partial charge in [-0.1, -0.05) is 43.9 Å². The van der Waals surface area contributed by atoms with Crippen LogP contribution < -0.4 is 0 Å². The van der Waals surface area contributed by atoms with Gasteiger partial charge in [-0.15, -0.1) is 6.58 Å². The fraction of sp³-hybridized carbons (Fsp3) is 0.600. The highest BCUT2D eigenvalue weighted by Gasteiger charge is 2.33. The number of aryl methyl sites for hydroxylation is 1. The summed E-state index contributed by atoms with van der Waals surface area (Å²) in [5.41, 5.74) is 2.39. The van der Waals surface area contributed by atoms with Gasteiger partial charge in [-0.3, -0.25) is 0 Å². The van der Waals surface area contributed by atoms with E-state index in [0.29, 0.717) is 25.0 Å². The number of benzene rings is 1. The molecular formula is C25H34O2. The lowest BCUT2D eigenvalue weighted by Crippen LogP contribution is -2.41. The molecule has 0 aromatic heterocycles. The minimum Gasteiger partial charge on any atom is -0.372 e. The first-order valence-electron chi connectivity index (χ1n) is 10.7. The summed E-state index contributed by atoms with van der Waals surface area (Å²) < 4.78 is 12.2. The average molecular weight is 367 g/mol. The van der Waals surface area contributed by atoms with Gasteiger partial charge in [-0.25, -0.2) is 0 Å². The van der Waals surface area contributed by atoms with E-state index >= 15 is 0 Å². The van der Waals surface area contributed by atoms with Crippen molar-refractivity contribution in [2.24, 2.45) is 17.8 Å². The Morgan fingerprint density at radius 2 is 1.81 bits per heavy atom. The van der Waals surface area contributed by atoms with Crippen molar-refractivity contribution in [3.63, 3.8) is 0 Å². The average Bonchev–Trinajstić information content (AvgIpc) is 2.74. The number of rotatable bonds is 5. The van der Waals surface area contributed by atoms with Crippen LogP contribution in [-0.2, 0) is 15.9 Å². The molecule has 0 N–H and O–H groups in total. The van der Waals surface area contributed by atoms with Gasteiger partial charge < -0.3 is 9.47 Å². The predicted molar refractivity (Wildman–Crippen MR) is 112 cm³/mol. The van der Waals surface area contributed by atoms with Crippen molar-refractivity contribution < 1.29 is 9.47 Å². The Morgan fingerprint density at radius 1 is 1.07 bits per heavy atom. The van der Waals surface area contributed by atoms with E-state index in [1.54, 1.807) is 0 Å². The largest absolute Gasteiger partial charge is 0.372 e. The topological polar surface area (TPSA) is 18.5 Å². The molecule has 146 valence electrons. The maximum absolute atomic E-state index is 6.16. The summed E-state index contributed by atoms with van der Waals surface area (Å²) in [6.07, 6.45) is 9.67. The molecule has 0 spiro atoms. The van der Waals surface area contributed by atoms with Crippen molar-refractivity contribution >= 4 is 0 Å². The number of hydrogen-bond donors (Lipinski definition) is 0. The van der Waals surface area contributed by atoms with Crippen LogP contribution in [0, 0.1) is 29.6 Å². The molecule has 0 amide bonds. The highest BCUT2D eigenvalue weighted by atomic mass is 16.6. The molecule has 1 saturated carbocycles. The Labute approximate surface area is 165 Å². The molecule has 2 heteroatoms. The van der Waals surface area contributed by atoms with Crippen molar-refractivity contribution in [1.29, 1.82) is 0 Å². The molecule has 2 fully saturated rings. The number of hydrogen-bond acceptors (Lipinski definition) is 2. The molecule has 2 aliphatic rings. The van der Waals surface area contributed by atoms with Gasteiger partial charge in [0, 0.05) is 5.56 Å². The SMILES string of the molecule is C=CC(CC)[C@H]1CC[C@H](C2COC(C#Cc3ccc(CC)cc3)CO2)CC1. The zero-order valence-electron chi connectivity index (χ0n) is 17.0. The second-order valence-corrected chi connectivity index (χ2v) is 8.00. The summed E-state index contributed by atoms with van der Waals surface area (Å²) in [4.78, 5) is 0. The molecule has 1 aromatic rings. The minimum absolute atomic E-state index is 0.103. The standard InChI is InChI=1S/C25H34O2/c1-4-19-7-9-20(10-8-19)11-16-24-17-27-25(18-26-24)23-14-12-22(13-15-23)21(5-2)6-3/h5,7-10,21-25H,2,4,6,12-15,17-18H2,1,3H3/t21?,22-,23-,24?,25?. The van der Waals surface area contributed by atoms with Gasteiger partial charge >= 0.3 is 0 Å². The van der Waals surface area contributed by atoms with E-state index in [-0.39, 0.29) is 12.2 Å². The van der Waals surface area contributed by atoms with Gasteiger partial charge in [0.25, 0.3) is 0 Å². The van der Waals surface area contributed by atoms with Gasteiger partial charge in [0.05, 0.1) is 19.3 Å². The third kappa shape index (κ3) is 5.47. The van der Waals surface area contributed by atoms with Crippen LogP contribution in [0.4, 0.5) is 0 Å². The smallest absolute Gasteiger partial charge is 0.141 e. The third-order valence-corrected chi connectivity index (χ3v) is 6.38. The van der Waals surface area contributed by atoms with E-state index < -0.39 is 0 Å². The number of ether oxygens (including phenoxy) is 2. The summed E-state index contributed by atoms with van der Waals surface area (Å²) in [5, 5.41) is 0. The maximum atomic E-state index is 6.16. The zero-order valence-corrected chi connectivity index (χ0v) is 17.0. The minimum atomic E-state index is -0.103. The van der Waals surface area contributed by atoms with Crippen LogP contribution in [-0.4, -0.2) is 25.4 Å². The Hall–Kier alpha value is -1.56. The van der Waals surface area contributed by atoms with Crippen LogP contribution in [0.5, 0.6) is 0 Å². The van der Waals surface area contributed by atoms with Gasteiger partial charge in [0.15, 0.2) is 0 Å². The first-order chi connectivity index (χ1) is 13.2. The van der Waals surface area contributed by atoms with E-state index in [2.05, 4.69) is 62.6 Å². The number of allylic oxidation sites excluding steroid dienone is 1. The highest BCUT2D eigenvalue weighted by molar-refractivity contribution is 5.36. The fourth-order valence-electron chi connectivity index (χ4n) is 4.50. The van der Waals surface area contributed by atoms with E-state index in [0.717, 1.165) is 17.9 Å². The van der Waals surface area contributed by atoms with E-state index in [1.165, 1.54) is 37.7 Å². The third-order valence-electron chi connectivity index (χ3n) is 6.38. The second kappa shape index (κ2) is 10.1. The van der Waals surface area contributed by atoms with Gasteiger partial charge in [-0.2, -0.15) is 0 Å². The second-order valence-electron chi connectivity index (χ2n) is 8.00. The summed E-state index contributed by atoms with van der Waals surface area (Å²) in [6.45, 7) is 9.73. The maximum Gasteiger partial charge on any atom is 0.141 e. The van der Waals surface area contributed by atoms with Crippen LogP contribution in [0.15, 0.2) is 36.9 Å². The van der Waals surface area contributed by atoms with Crippen LogP contribution in [0.1, 0.15) is 57.1 Å². The van der Waals surface area contributed by atoms with Crippen molar-refractivity contribution in [2.45, 2.75) is 64.6 Å². The Bertz CT molecular complexity index is 635. The molecule has 3 atom stereocenters. The van der Waals surface area contributed by atoms with E-state index in [1.807, 2.05) is 0 Å². The molecule has 27 heavy (non-hydrogen) atoms. The predicted octanol–water partition coefficient (Wildman–Crippen LogP) is 5.40. The summed E-state index contributed by atoms with van der Waals surface area (Å²) in [7, 11) is 0. The molecule has 3 rings (SSSR count). The molecule has 1 aliphatic carbocycles. The highest BCUT2D eigenvalue weighted by Crippen LogP contribution is 2.37. The Morgan fingerprint density at radius 3 is 2.37 bits per heavy atom. The van der Waals surface area contributed by atoms with Crippen molar-refractivity contribution in [2.75, 3.05) is 13.2 Å². The molecule has 1 aromatic carbocycles. The van der Waals surface area contributed by atoms with Crippen molar-refractivity contribution in [3.05, 3.63) is 48.0 Å². The molecule has 1 saturated heterocycles. The van der Waals surface area contributed by atoms with Gasteiger partial charge in [0.1, 0.15) is 6.10 Å². The molecule has 2 nitrogen and oxygen atoms in total. The normalized spacial score (nSPS) is 29.4. The lowest BCUT2D eigenvalue weighted by Gasteiger charge is -2.38. The first kappa shape index (κ1) is 20.2. The van der Waals surface area contributed by atoms with Crippen LogP contribution in [0.25, 0.3) is 0 Å². The summed E-state index contributed by atoms with van der Waals surface area (Å²) in [5.74, 6) is 8.58. The van der Waals surface area contributed by atoms with Gasteiger partial charge in [-0.05, 0) is 74.0 Å². The Balaban J connectivity index is 1.44. The summed E-state index contributed by atoms with van der Waals surface area (Å²) >= 11 is 0. The molecule has 0 bridgehead atoms. The molecule has 3 unspecified atom stereocenters. The molecule has 0 radical (unpaired) electrons. The molecule has 1 aliphatic heterocycles. The van der Waals surface area contributed by atoms with E-state index in [4.69, 9.17) is 9.47 Å². The monoisotopic (exact) mass is 366 g/mol. The lowest BCUT2D eigenvalue weighted by molar-refractivity contribution is -0.138. The van der Waals surface area contributed by atoms with Crippen LogP contribution in [0.3, 0.4) is 0 Å². The first-order valence-corrected chi connectivity index (χ1v) is 10.7. The zero-order chi connectivity index (χ0) is 19.1. The quantitative estimate of drug-likeness (QED) is 0.513. The van der Waals surface area contributed by atoms with E-state index in [9.17, 15) is 0 Å². The van der Waals surface area contributed by atoms with Gasteiger partial charge in [0.2, 0.25) is 0 Å². The van der Waals surface area contributed by atoms with Crippen LogP contribution >= 0.6 is 0 Å². The molecular weight excluding hydrogens is 332 g/mol. The molecule has 1 heterocycles. The van der Waals surface area contributed by atoms with Crippen molar-refractivity contribution in [1.82, 2.24) is 0 Å². The van der Waals surface area contributed by atoms with Crippen LogP contribution in [0.2, 0.25) is 0 Å². The fourth-order valence-corrected chi connectivity index (χ4v) is 4.50. The Kier molecular flexibility index (Phi) is 7.56. The van der Waals surface area contributed by atoms with Crippen molar-refractivity contribution in [3.8, 4) is 11.8 Å².